The summed E-state index contributed by atoms with van der Waals surface area (Å²) in [5.41, 5.74) is -0.209. The minimum absolute atomic E-state index is 0.0367. The van der Waals surface area contributed by atoms with Gasteiger partial charge in [0.15, 0.2) is 11.5 Å². The Morgan fingerprint density at radius 2 is 1.42 bits per heavy atom. The van der Waals surface area contributed by atoms with Gasteiger partial charge in [0.2, 0.25) is 16.9 Å². The van der Waals surface area contributed by atoms with Crippen LogP contribution in [0.15, 0.2) is 69.9 Å². The predicted molar refractivity (Wildman–Crippen MR) is 153 cm³/mol. The van der Waals surface area contributed by atoms with Gasteiger partial charge in [-0.3, -0.25) is 4.79 Å². The predicted octanol–water partition coefficient (Wildman–Crippen LogP) is 7.55. The second-order valence-corrected chi connectivity index (χ2v) is 10.3. The molecular weight excluding hydrogens is 569 g/mol. The van der Waals surface area contributed by atoms with Crippen molar-refractivity contribution in [3.63, 3.8) is 0 Å². The molecule has 3 aromatic carbocycles. The maximum absolute atomic E-state index is 14.0. The zero-order valence-electron chi connectivity index (χ0n) is 24.3. The number of fused-ring (bicyclic) bond motifs is 1. The Hall–Kier alpha value is -4.93. The molecule has 0 aliphatic heterocycles. The van der Waals surface area contributed by atoms with Crippen molar-refractivity contribution in [3.05, 3.63) is 87.8 Å². The van der Waals surface area contributed by atoms with Crippen molar-refractivity contribution in [1.82, 2.24) is 0 Å². The van der Waals surface area contributed by atoms with Gasteiger partial charge in [-0.1, -0.05) is 32.9 Å². The summed E-state index contributed by atoms with van der Waals surface area (Å²) in [5, 5.41) is -0.193. The minimum atomic E-state index is -5.05. The highest BCUT2D eigenvalue weighted by molar-refractivity contribution is 5.90. The van der Waals surface area contributed by atoms with Crippen LogP contribution in [-0.2, 0) is 16.4 Å². The summed E-state index contributed by atoms with van der Waals surface area (Å²) in [4.78, 5) is 25.6. The number of alkyl halides is 3. The molecule has 8 nitrogen and oxygen atoms in total. The van der Waals surface area contributed by atoms with Crippen molar-refractivity contribution < 1.29 is 46.1 Å². The van der Waals surface area contributed by atoms with Gasteiger partial charge >= 0.3 is 12.1 Å². The van der Waals surface area contributed by atoms with E-state index in [2.05, 4.69) is 0 Å². The van der Waals surface area contributed by atoms with Gasteiger partial charge in [-0.05, 0) is 59.0 Å². The zero-order chi connectivity index (χ0) is 31.5. The summed E-state index contributed by atoms with van der Waals surface area (Å²) in [7, 11) is 4.34. The Morgan fingerprint density at radius 3 is 1.95 bits per heavy atom. The lowest BCUT2D eigenvalue weighted by Crippen LogP contribution is -2.16. The molecule has 0 aliphatic rings. The van der Waals surface area contributed by atoms with Gasteiger partial charge in [-0.2, -0.15) is 13.2 Å². The number of ether oxygens (including phenoxy) is 5. The normalized spacial score (nSPS) is 11.9. The van der Waals surface area contributed by atoms with E-state index in [1.165, 1.54) is 51.7 Å². The number of rotatable bonds is 8. The van der Waals surface area contributed by atoms with Crippen molar-refractivity contribution in [2.75, 3.05) is 21.3 Å². The Bertz CT molecular complexity index is 1700. The van der Waals surface area contributed by atoms with E-state index >= 15 is 0 Å². The quantitative estimate of drug-likeness (QED) is 0.117. The molecule has 11 heteroatoms. The van der Waals surface area contributed by atoms with Crippen LogP contribution in [0.4, 0.5) is 13.2 Å². The van der Waals surface area contributed by atoms with Crippen molar-refractivity contribution in [2.24, 2.45) is 0 Å². The highest BCUT2D eigenvalue weighted by Crippen LogP contribution is 2.40. The average molecular weight is 599 g/mol. The lowest BCUT2D eigenvalue weighted by molar-refractivity contribution is -0.154. The van der Waals surface area contributed by atoms with Crippen LogP contribution in [0, 0.1) is 0 Å². The van der Waals surface area contributed by atoms with Crippen molar-refractivity contribution in [1.29, 1.82) is 0 Å². The zero-order valence-corrected chi connectivity index (χ0v) is 24.3. The second-order valence-electron chi connectivity index (χ2n) is 10.3. The van der Waals surface area contributed by atoms with Gasteiger partial charge in [0.25, 0.3) is 5.76 Å². The van der Waals surface area contributed by atoms with E-state index in [9.17, 15) is 22.8 Å². The summed E-state index contributed by atoms with van der Waals surface area (Å²) in [6.07, 6.45) is -2.53. The van der Waals surface area contributed by atoms with E-state index in [1.807, 2.05) is 20.8 Å². The molecule has 0 N–H and O–H groups in total. The first-order chi connectivity index (χ1) is 20.2. The lowest BCUT2D eigenvalue weighted by Gasteiger charge is -2.19. The maximum Gasteiger partial charge on any atom is 0.453 e. The molecule has 0 fully saturated rings. The topological polar surface area (TPSA) is 93.4 Å². The fraction of sp³-hybridized carbons (Fsp3) is 0.250. The number of benzene rings is 3. The Kier molecular flexibility index (Phi) is 8.75. The third kappa shape index (κ3) is 6.94. The highest BCUT2D eigenvalue weighted by atomic mass is 19.4. The van der Waals surface area contributed by atoms with E-state index < -0.39 is 34.7 Å². The summed E-state index contributed by atoms with van der Waals surface area (Å²) in [5.74, 6) is -2.46. The van der Waals surface area contributed by atoms with E-state index in [4.69, 9.17) is 28.1 Å². The molecule has 0 spiro atoms. The average Bonchev–Trinajstić information content (AvgIpc) is 2.95. The van der Waals surface area contributed by atoms with Crippen LogP contribution >= 0.6 is 0 Å². The fourth-order valence-electron chi connectivity index (χ4n) is 4.15. The van der Waals surface area contributed by atoms with Gasteiger partial charge in [0, 0.05) is 12.1 Å². The molecule has 0 saturated heterocycles. The van der Waals surface area contributed by atoms with Gasteiger partial charge in [0.05, 0.1) is 26.7 Å². The smallest absolute Gasteiger partial charge is 0.453 e. The molecule has 43 heavy (non-hydrogen) atoms. The Labute approximate surface area is 245 Å². The third-order valence-corrected chi connectivity index (χ3v) is 6.34. The summed E-state index contributed by atoms with van der Waals surface area (Å²) in [6.45, 7) is 5.96. The number of esters is 1. The first-order valence-electron chi connectivity index (χ1n) is 12.9. The minimum Gasteiger partial charge on any atom is -0.493 e. The third-order valence-electron chi connectivity index (χ3n) is 6.34. The molecule has 4 aromatic rings. The molecule has 0 saturated carbocycles. The number of hydrogen-bond acceptors (Lipinski definition) is 8. The van der Waals surface area contributed by atoms with Gasteiger partial charge in [-0.25, -0.2) is 4.79 Å². The van der Waals surface area contributed by atoms with Crippen molar-refractivity contribution >= 4 is 23.0 Å². The van der Waals surface area contributed by atoms with E-state index in [0.29, 0.717) is 22.8 Å². The van der Waals surface area contributed by atoms with Crippen LogP contribution in [0.5, 0.6) is 34.5 Å². The van der Waals surface area contributed by atoms with Crippen LogP contribution in [0.25, 0.3) is 17.0 Å². The first-order valence-corrected chi connectivity index (χ1v) is 12.9. The van der Waals surface area contributed by atoms with Crippen LogP contribution in [0.2, 0.25) is 0 Å². The number of hydrogen-bond donors (Lipinski definition) is 0. The molecule has 1 aromatic heterocycles. The summed E-state index contributed by atoms with van der Waals surface area (Å²) < 4.78 is 73.5. The fourth-order valence-corrected chi connectivity index (χ4v) is 4.15. The molecular formula is C32H29F3O8. The second kappa shape index (κ2) is 12.1. The molecule has 0 aliphatic carbocycles. The monoisotopic (exact) mass is 598 g/mol. The lowest BCUT2D eigenvalue weighted by atomic mass is 9.87. The number of carbonyl (C=O) groups is 1. The molecule has 226 valence electrons. The number of halogens is 3. The highest BCUT2D eigenvalue weighted by Gasteiger charge is 2.40. The molecule has 0 amide bonds. The molecule has 4 rings (SSSR count). The van der Waals surface area contributed by atoms with E-state index in [-0.39, 0.29) is 22.3 Å². The van der Waals surface area contributed by atoms with Crippen LogP contribution in [0.3, 0.4) is 0 Å². The molecule has 0 bridgehead atoms. The maximum atomic E-state index is 14.0. The van der Waals surface area contributed by atoms with Crippen LogP contribution < -0.4 is 29.1 Å². The molecule has 0 unspecified atom stereocenters. The summed E-state index contributed by atoms with van der Waals surface area (Å²) >= 11 is 0. The Balaban J connectivity index is 1.62. The van der Waals surface area contributed by atoms with Crippen molar-refractivity contribution in [3.8, 4) is 34.5 Å². The van der Waals surface area contributed by atoms with Crippen LogP contribution in [0.1, 0.15) is 37.7 Å². The van der Waals surface area contributed by atoms with Gasteiger partial charge in [-0.15, -0.1) is 0 Å². The SMILES string of the molecule is COc1cc(C=CC(=O)Oc2ccc3c(=O)c(Oc4ccc(C(C)(C)C)cc4)c(C(F)(F)F)oc3c2)cc(OC)c1OC. The van der Waals surface area contributed by atoms with Crippen molar-refractivity contribution in [2.45, 2.75) is 32.4 Å². The Morgan fingerprint density at radius 1 is 0.814 bits per heavy atom. The standard InChI is InChI=1S/C32H29F3O8/c1-31(2,3)19-8-10-20(11-9-19)42-29-27(37)22-13-12-21(17-23(22)43-30(29)32(33,34)35)41-26(36)14-7-18-15-24(38-4)28(40-6)25(16-18)39-5/h7-17H,1-6H3. The molecule has 0 radical (unpaired) electrons. The summed E-state index contributed by atoms with van der Waals surface area (Å²) in [6, 6.07) is 13.1. The van der Waals surface area contributed by atoms with E-state index in [1.54, 1.807) is 24.3 Å². The number of methoxy groups -OCH3 is 3. The largest absolute Gasteiger partial charge is 0.493 e. The van der Waals surface area contributed by atoms with E-state index in [0.717, 1.165) is 17.7 Å². The molecule has 0 atom stereocenters. The number of carbonyl (C=O) groups excluding carboxylic acids is 1. The van der Waals surface area contributed by atoms with Gasteiger partial charge < -0.3 is 28.1 Å². The van der Waals surface area contributed by atoms with Gasteiger partial charge in [0.1, 0.15) is 17.1 Å². The molecule has 1 heterocycles. The van der Waals surface area contributed by atoms with Crippen LogP contribution in [-0.4, -0.2) is 27.3 Å². The first kappa shape index (κ1) is 31.0.